The largest absolute Gasteiger partial charge is 0.469 e. The van der Waals surface area contributed by atoms with E-state index < -0.39 is 0 Å². The summed E-state index contributed by atoms with van der Waals surface area (Å²) in [7, 11) is 1.39. The van der Waals surface area contributed by atoms with E-state index in [0.29, 0.717) is 12.3 Å². The lowest BCUT2D eigenvalue weighted by molar-refractivity contribution is -0.141. The average Bonchev–Trinajstić information content (AvgIpc) is 2.03. The van der Waals surface area contributed by atoms with Crippen LogP contribution in [0.4, 0.5) is 0 Å². The van der Waals surface area contributed by atoms with Crippen LogP contribution < -0.4 is 0 Å². The van der Waals surface area contributed by atoms with Crippen LogP contribution in [0.1, 0.15) is 26.7 Å². The highest BCUT2D eigenvalue weighted by atomic mass is 16.5. The molecule has 0 aliphatic heterocycles. The minimum Gasteiger partial charge on any atom is -0.469 e. The molecule has 0 spiro atoms. The molecular formula is C9H18O3. The van der Waals surface area contributed by atoms with Gasteiger partial charge < -0.3 is 9.84 Å². The van der Waals surface area contributed by atoms with Gasteiger partial charge in [0.05, 0.1) is 7.11 Å². The Bertz CT molecular complexity index is 134. The number of hydrogen-bond acceptors (Lipinski definition) is 3. The molecule has 0 rings (SSSR count). The fraction of sp³-hybridized carbons (Fsp3) is 0.889. The Labute approximate surface area is 73.7 Å². The zero-order valence-electron chi connectivity index (χ0n) is 8.04. The summed E-state index contributed by atoms with van der Waals surface area (Å²) in [5, 5.41) is 8.76. The summed E-state index contributed by atoms with van der Waals surface area (Å²) in [6, 6.07) is 0. The predicted octanol–water partition coefficient (Wildman–Crippen LogP) is 1.20. The number of rotatable bonds is 5. The first-order valence-electron chi connectivity index (χ1n) is 4.27. The third-order valence-corrected chi connectivity index (χ3v) is 1.86. The van der Waals surface area contributed by atoms with Crippen molar-refractivity contribution in [3.8, 4) is 0 Å². The Kier molecular flexibility index (Phi) is 5.72. The number of carbonyl (C=O) groups is 1. The maximum absolute atomic E-state index is 10.8. The van der Waals surface area contributed by atoms with Crippen LogP contribution in [0.3, 0.4) is 0 Å². The number of aliphatic hydroxyl groups excluding tert-OH is 1. The fourth-order valence-corrected chi connectivity index (χ4v) is 1.21. The van der Waals surface area contributed by atoms with Gasteiger partial charge in [0.2, 0.25) is 0 Å². The van der Waals surface area contributed by atoms with Crippen LogP contribution in [-0.2, 0) is 9.53 Å². The molecule has 0 aromatic rings. The van der Waals surface area contributed by atoms with E-state index in [1.54, 1.807) is 0 Å². The van der Waals surface area contributed by atoms with Gasteiger partial charge in [-0.05, 0) is 18.3 Å². The van der Waals surface area contributed by atoms with Crippen LogP contribution >= 0.6 is 0 Å². The number of carbonyl (C=O) groups excluding carboxylic acids is 1. The van der Waals surface area contributed by atoms with E-state index in [1.165, 1.54) is 7.11 Å². The quantitative estimate of drug-likeness (QED) is 0.637. The van der Waals surface area contributed by atoms with Crippen molar-refractivity contribution >= 4 is 5.97 Å². The molecule has 0 radical (unpaired) electrons. The summed E-state index contributed by atoms with van der Waals surface area (Å²) >= 11 is 0. The maximum atomic E-state index is 10.8. The Morgan fingerprint density at radius 2 is 2.00 bits per heavy atom. The smallest absolute Gasteiger partial charge is 0.305 e. The zero-order valence-corrected chi connectivity index (χ0v) is 8.04. The van der Waals surface area contributed by atoms with Gasteiger partial charge in [0.25, 0.3) is 0 Å². The summed E-state index contributed by atoms with van der Waals surface area (Å²) in [4.78, 5) is 10.8. The second-order valence-corrected chi connectivity index (χ2v) is 3.41. The zero-order chi connectivity index (χ0) is 9.56. The molecule has 0 bridgehead atoms. The number of esters is 1. The van der Waals surface area contributed by atoms with Gasteiger partial charge in [0, 0.05) is 13.0 Å². The minimum absolute atomic E-state index is 0.173. The molecule has 0 aliphatic carbocycles. The molecule has 3 heteroatoms. The molecule has 0 aromatic carbocycles. The van der Waals surface area contributed by atoms with E-state index in [-0.39, 0.29) is 18.5 Å². The number of aliphatic hydroxyl groups is 1. The van der Waals surface area contributed by atoms with Gasteiger partial charge in [0.1, 0.15) is 0 Å². The molecule has 2 atom stereocenters. The highest BCUT2D eigenvalue weighted by Gasteiger charge is 2.12. The first-order valence-corrected chi connectivity index (χ1v) is 4.27. The van der Waals surface area contributed by atoms with Crippen LogP contribution in [0.2, 0.25) is 0 Å². The van der Waals surface area contributed by atoms with Gasteiger partial charge in [-0.25, -0.2) is 0 Å². The normalized spacial score (nSPS) is 15.3. The van der Waals surface area contributed by atoms with Crippen LogP contribution in [0.15, 0.2) is 0 Å². The second-order valence-electron chi connectivity index (χ2n) is 3.41. The van der Waals surface area contributed by atoms with Crippen molar-refractivity contribution in [1.82, 2.24) is 0 Å². The molecule has 0 heterocycles. The van der Waals surface area contributed by atoms with Crippen molar-refractivity contribution in [2.24, 2.45) is 11.8 Å². The molecular weight excluding hydrogens is 156 g/mol. The first-order chi connectivity index (χ1) is 5.60. The van der Waals surface area contributed by atoms with Crippen LogP contribution in [-0.4, -0.2) is 24.8 Å². The molecule has 3 nitrogen and oxygen atoms in total. The lowest BCUT2D eigenvalue weighted by Crippen LogP contribution is -2.12. The van der Waals surface area contributed by atoms with Crippen LogP contribution in [0, 0.1) is 11.8 Å². The third kappa shape index (κ3) is 5.13. The highest BCUT2D eigenvalue weighted by molar-refractivity contribution is 5.69. The summed E-state index contributed by atoms with van der Waals surface area (Å²) in [6.45, 7) is 4.14. The molecule has 1 N–H and O–H groups in total. The van der Waals surface area contributed by atoms with E-state index in [1.807, 2.05) is 13.8 Å². The SMILES string of the molecule is COC(=O)CC(C)CC(C)CO. The van der Waals surface area contributed by atoms with E-state index in [0.717, 1.165) is 6.42 Å². The minimum atomic E-state index is -0.173. The first kappa shape index (κ1) is 11.4. The van der Waals surface area contributed by atoms with E-state index in [4.69, 9.17) is 5.11 Å². The van der Waals surface area contributed by atoms with Gasteiger partial charge in [-0.15, -0.1) is 0 Å². The molecule has 0 fully saturated rings. The molecule has 0 aliphatic rings. The van der Waals surface area contributed by atoms with Crippen molar-refractivity contribution in [3.05, 3.63) is 0 Å². The van der Waals surface area contributed by atoms with Gasteiger partial charge in [-0.3, -0.25) is 4.79 Å². The van der Waals surface area contributed by atoms with Crippen molar-refractivity contribution in [2.75, 3.05) is 13.7 Å². The average molecular weight is 174 g/mol. The van der Waals surface area contributed by atoms with Crippen LogP contribution in [0.25, 0.3) is 0 Å². The topological polar surface area (TPSA) is 46.5 Å². The van der Waals surface area contributed by atoms with Crippen molar-refractivity contribution in [2.45, 2.75) is 26.7 Å². The monoisotopic (exact) mass is 174 g/mol. The summed E-state index contributed by atoms with van der Waals surface area (Å²) < 4.78 is 4.53. The Balaban J connectivity index is 3.58. The molecule has 0 amide bonds. The molecule has 2 unspecified atom stereocenters. The van der Waals surface area contributed by atoms with Crippen LogP contribution in [0.5, 0.6) is 0 Å². The number of ether oxygens (including phenoxy) is 1. The van der Waals surface area contributed by atoms with E-state index in [9.17, 15) is 4.79 Å². The van der Waals surface area contributed by atoms with Crippen molar-refractivity contribution < 1.29 is 14.6 Å². The Morgan fingerprint density at radius 1 is 1.42 bits per heavy atom. The van der Waals surface area contributed by atoms with Gasteiger partial charge in [-0.2, -0.15) is 0 Å². The number of methoxy groups -OCH3 is 1. The molecule has 0 saturated heterocycles. The third-order valence-electron chi connectivity index (χ3n) is 1.86. The Hall–Kier alpha value is -0.570. The molecule has 72 valence electrons. The fourth-order valence-electron chi connectivity index (χ4n) is 1.21. The lowest BCUT2D eigenvalue weighted by Gasteiger charge is -2.13. The predicted molar refractivity (Wildman–Crippen MR) is 46.7 cm³/mol. The molecule has 0 aromatic heterocycles. The van der Waals surface area contributed by atoms with Gasteiger partial charge in [-0.1, -0.05) is 13.8 Å². The van der Waals surface area contributed by atoms with Gasteiger partial charge in [0.15, 0.2) is 0 Å². The van der Waals surface area contributed by atoms with E-state index >= 15 is 0 Å². The second kappa shape index (κ2) is 6.00. The summed E-state index contributed by atoms with van der Waals surface area (Å²) in [5.74, 6) is 0.386. The van der Waals surface area contributed by atoms with Crippen molar-refractivity contribution in [1.29, 1.82) is 0 Å². The molecule has 0 saturated carbocycles. The summed E-state index contributed by atoms with van der Waals surface area (Å²) in [6.07, 6.45) is 1.31. The van der Waals surface area contributed by atoms with Crippen molar-refractivity contribution in [3.63, 3.8) is 0 Å². The highest BCUT2D eigenvalue weighted by Crippen LogP contribution is 2.14. The lowest BCUT2D eigenvalue weighted by atomic mass is 9.95. The molecule has 12 heavy (non-hydrogen) atoms. The summed E-state index contributed by atoms with van der Waals surface area (Å²) in [5.41, 5.74) is 0. The standard InChI is InChI=1S/C9H18O3/c1-7(4-8(2)6-10)5-9(11)12-3/h7-8,10H,4-6H2,1-3H3. The van der Waals surface area contributed by atoms with E-state index in [2.05, 4.69) is 4.74 Å². The number of hydrogen-bond donors (Lipinski definition) is 1. The maximum Gasteiger partial charge on any atom is 0.305 e. The Morgan fingerprint density at radius 3 is 2.42 bits per heavy atom. The van der Waals surface area contributed by atoms with Gasteiger partial charge >= 0.3 is 5.97 Å².